The molecule has 0 N–H and O–H groups in total. The first-order valence-corrected chi connectivity index (χ1v) is 41.1. The molecule has 568 valence electrons. The average Bonchev–Trinajstić information content (AvgIpc) is 1.53. The topological polar surface area (TPSA) is 123 Å². The van der Waals surface area contributed by atoms with Gasteiger partial charge in [0, 0.05) is 109 Å². The lowest BCUT2D eigenvalue weighted by atomic mass is 10.0. The first kappa shape index (κ1) is 68.5. The molecule has 12 nitrogen and oxygen atoms in total. The molecule has 0 spiro atoms. The van der Waals surface area contributed by atoms with Gasteiger partial charge in [-0.2, -0.15) is 0 Å². The van der Waals surface area contributed by atoms with Crippen LogP contribution in [-0.2, 0) is 0 Å². The van der Waals surface area contributed by atoms with Crippen LogP contribution in [0.15, 0.2) is 409 Å². The molecule has 18 aromatic carbocycles. The number of hydrogen-bond donors (Lipinski definition) is 0. The van der Waals surface area contributed by atoms with E-state index in [4.69, 9.17) is 38.7 Å². The van der Waals surface area contributed by atoms with E-state index in [9.17, 15) is 0 Å². The summed E-state index contributed by atoms with van der Waals surface area (Å²) < 4.78 is 23.2. The summed E-state index contributed by atoms with van der Waals surface area (Å²) in [6.07, 6.45) is 0. The van der Waals surface area contributed by atoms with Gasteiger partial charge in [-0.05, 0) is 126 Å². The number of aromatic nitrogens is 10. The molecule has 0 aliphatic heterocycles. The maximum absolute atomic E-state index is 6.73. The zero-order valence-corrected chi connectivity index (χ0v) is 65.4. The summed E-state index contributed by atoms with van der Waals surface area (Å²) in [5.74, 6) is 3.80. The smallest absolute Gasteiger partial charge is 0.164 e. The normalized spacial score (nSPS) is 11.9. The minimum absolute atomic E-state index is 0.628. The fourth-order valence-corrected chi connectivity index (χ4v) is 19.1. The molecule has 26 aromatic rings. The van der Waals surface area contributed by atoms with Crippen LogP contribution < -0.4 is 0 Å². The minimum atomic E-state index is 0.628. The molecule has 0 amide bonds. The van der Waals surface area contributed by atoms with Crippen LogP contribution in [0.3, 0.4) is 0 Å². The number of hydrogen-bond acceptors (Lipinski definition) is 8. The van der Waals surface area contributed by atoms with Crippen LogP contribution in [0, 0.1) is 0 Å². The Hall–Kier alpha value is -16.7. The lowest BCUT2D eigenvalue weighted by molar-refractivity contribution is 0.672. The highest BCUT2D eigenvalue weighted by atomic mass is 16.3. The molecule has 0 bridgehead atoms. The van der Waals surface area contributed by atoms with Gasteiger partial charge in [-0.1, -0.05) is 285 Å². The van der Waals surface area contributed by atoms with Gasteiger partial charge in [-0.15, -0.1) is 0 Å². The van der Waals surface area contributed by atoms with Crippen molar-refractivity contribution in [2.75, 3.05) is 0 Å². The quantitative estimate of drug-likeness (QED) is 0.133. The van der Waals surface area contributed by atoms with E-state index in [1.165, 1.54) is 21.5 Å². The van der Waals surface area contributed by atoms with Crippen molar-refractivity contribution < 1.29 is 8.83 Å². The fourth-order valence-electron chi connectivity index (χ4n) is 19.1. The van der Waals surface area contributed by atoms with Gasteiger partial charge in [0.05, 0.1) is 66.3 Å². The first-order chi connectivity index (χ1) is 60.6. The van der Waals surface area contributed by atoms with E-state index in [1.54, 1.807) is 0 Å². The summed E-state index contributed by atoms with van der Waals surface area (Å²) in [7, 11) is 0. The number of rotatable bonds is 10. The maximum atomic E-state index is 6.73. The van der Waals surface area contributed by atoms with Gasteiger partial charge in [0.15, 0.2) is 34.9 Å². The van der Waals surface area contributed by atoms with Crippen molar-refractivity contribution in [1.82, 2.24) is 48.2 Å². The molecule has 0 aliphatic carbocycles. The van der Waals surface area contributed by atoms with Crippen LogP contribution in [0.1, 0.15) is 0 Å². The third kappa shape index (κ3) is 10.6. The van der Waals surface area contributed by atoms with Crippen molar-refractivity contribution in [3.8, 4) is 91.1 Å². The van der Waals surface area contributed by atoms with Gasteiger partial charge in [0.1, 0.15) is 22.3 Å². The number of furan rings is 2. The highest BCUT2D eigenvalue weighted by Gasteiger charge is 2.29. The second kappa shape index (κ2) is 27.5. The predicted octanol–water partition coefficient (Wildman–Crippen LogP) is 28.2. The Morgan fingerprint density at radius 3 is 0.902 bits per heavy atom. The molecule has 8 heterocycles. The van der Waals surface area contributed by atoms with E-state index in [0.29, 0.717) is 34.9 Å². The Morgan fingerprint density at radius 1 is 0.172 bits per heavy atom. The Bertz CT molecular complexity index is 8170. The lowest BCUT2D eigenvalue weighted by Gasteiger charge is -2.15. The van der Waals surface area contributed by atoms with Gasteiger partial charge < -0.3 is 27.1 Å². The molecule has 0 saturated heterocycles. The van der Waals surface area contributed by atoms with Gasteiger partial charge in [-0.3, -0.25) is 0 Å². The van der Waals surface area contributed by atoms with Gasteiger partial charge >= 0.3 is 0 Å². The van der Waals surface area contributed by atoms with Crippen molar-refractivity contribution in [3.05, 3.63) is 400 Å². The molecule has 0 saturated carbocycles. The molecule has 26 rings (SSSR count). The van der Waals surface area contributed by atoms with Crippen LogP contribution >= 0.6 is 0 Å². The molecule has 0 unspecified atom stereocenters. The monoisotopic (exact) mass is 1560 g/mol. The molecule has 0 atom stereocenters. The van der Waals surface area contributed by atoms with Gasteiger partial charge in [0.25, 0.3) is 0 Å². The predicted molar refractivity (Wildman–Crippen MR) is 499 cm³/mol. The number of benzene rings is 18. The van der Waals surface area contributed by atoms with E-state index in [1.807, 2.05) is 133 Å². The zero-order valence-electron chi connectivity index (χ0n) is 65.4. The summed E-state index contributed by atoms with van der Waals surface area (Å²) >= 11 is 0. The van der Waals surface area contributed by atoms with Crippen LogP contribution in [0.5, 0.6) is 0 Å². The summed E-state index contributed by atoms with van der Waals surface area (Å²) in [6, 6.07) is 140. The highest BCUT2D eigenvalue weighted by molar-refractivity contribution is 6.33. The van der Waals surface area contributed by atoms with Crippen molar-refractivity contribution >= 4 is 153 Å². The Balaban J connectivity index is 0.000000134. The Kier molecular flexibility index (Phi) is 15.4. The molecule has 0 aliphatic rings. The van der Waals surface area contributed by atoms with Crippen LogP contribution in [0.2, 0.25) is 0 Å². The van der Waals surface area contributed by atoms with Crippen molar-refractivity contribution in [3.63, 3.8) is 0 Å². The van der Waals surface area contributed by atoms with Crippen LogP contribution in [0.4, 0.5) is 0 Å². The summed E-state index contributed by atoms with van der Waals surface area (Å²) in [5, 5.41) is 18.0. The summed E-state index contributed by atoms with van der Waals surface area (Å²) in [4.78, 5) is 30.5. The molecule has 8 aromatic heterocycles. The standard InChI is InChI=1S/2C55H33N5O/c1-4-16-34(17-5-1)53-56-54(35-18-6-2-7-19-35)58-55(57-53)41-26-14-25-38-37(41)24-15-28-44(38)60-45-27-12-10-23-42(45)49-46(60)33-31-43-50-47(59(51(43)49)36-20-8-3-9-21-36)32-30-40-39-22-11-13-29-48(39)61-52(40)50;1-4-16-34(17-5-1)53-56-54(35-18-6-2-7-19-35)58-55(57-53)41-29-31-45(38-23-11-10-22-37(38)41)60-44-26-14-12-25-42(44)49-46(60)33-30-43-50-47(59(51(43)49)36-20-8-3-9-21-36)32-28-40-39-24-13-15-27-48(39)61-52(40)50/h2*1-33H. The molecule has 12 heteroatoms. The van der Waals surface area contributed by atoms with Gasteiger partial charge in [0.2, 0.25) is 0 Å². The Labute approximate surface area is 696 Å². The third-order valence-electron chi connectivity index (χ3n) is 24.3. The Morgan fingerprint density at radius 2 is 0.475 bits per heavy atom. The largest absolute Gasteiger partial charge is 0.455 e. The number of para-hydroxylation sites is 6. The summed E-state index contributed by atoms with van der Waals surface area (Å²) in [5.41, 5.74) is 22.6. The van der Waals surface area contributed by atoms with Crippen molar-refractivity contribution in [2.24, 2.45) is 0 Å². The molecular formula is C110H66N10O2. The molecule has 0 fully saturated rings. The zero-order chi connectivity index (χ0) is 80.0. The second-order valence-corrected chi connectivity index (χ2v) is 31.1. The molecule has 0 radical (unpaired) electrons. The van der Waals surface area contributed by atoms with Gasteiger partial charge in [-0.25, -0.2) is 29.9 Å². The summed E-state index contributed by atoms with van der Waals surface area (Å²) in [6.45, 7) is 0. The third-order valence-corrected chi connectivity index (χ3v) is 24.3. The van der Waals surface area contributed by atoms with E-state index in [2.05, 4.69) is 285 Å². The fraction of sp³-hybridized carbons (Fsp3) is 0. The van der Waals surface area contributed by atoms with Crippen molar-refractivity contribution in [2.45, 2.75) is 0 Å². The first-order valence-electron chi connectivity index (χ1n) is 41.1. The number of fused-ring (bicyclic) bond motifs is 24. The van der Waals surface area contributed by atoms with Crippen molar-refractivity contribution in [1.29, 1.82) is 0 Å². The van der Waals surface area contributed by atoms with E-state index < -0.39 is 0 Å². The van der Waals surface area contributed by atoms with E-state index >= 15 is 0 Å². The van der Waals surface area contributed by atoms with E-state index in [-0.39, 0.29) is 0 Å². The molecular weight excluding hydrogens is 1490 g/mol. The van der Waals surface area contributed by atoms with E-state index in [0.717, 1.165) is 187 Å². The number of nitrogens with zero attached hydrogens (tertiary/aromatic N) is 10. The second-order valence-electron chi connectivity index (χ2n) is 31.1. The molecule has 122 heavy (non-hydrogen) atoms. The van der Waals surface area contributed by atoms with Crippen LogP contribution in [0.25, 0.3) is 244 Å². The maximum Gasteiger partial charge on any atom is 0.164 e. The van der Waals surface area contributed by atoms with Crippen LogP contribution in [-0.4, -0.2) is 48.2 Å². The highest BCUT2D eigenvalue weighted by Crippen LogP contribution is 2.50. The average molecular weight is 1560 g/mol. The lowest BCUT2D eigenvalue weighted by Crippen LogP contribution is -2.01. The minimum Gasteiger partial charge on any atom is -0.455 e. The SMILES string of the molecule is c1ccc(-c2nc(-c3ccccc3)nc(-c3ccc(-n4c5ccccc5c5c4ccc4c6c7oc8ccccc8c7ccc6n(-c6ccccc6)c45)c4ccccc34)n2)cc1.c1ccc(-c2nc(-c3ccccc3)nc(-c3cccc4c(-n5c6ccccc6c6c5ccc5c7c8oc9ccccc9c8ccc7n(-c7ccccc7)c56)cccc34)n2)cc1.